The molecule has 3 aromatic rings. The standard InChI is InChI=1S/C22H19BrN2O5S/c1-15-7-10-18(11-8-15)31(27,28)30-20-6-4-3-5-16(20)14-24-25-22(26)19-13-17(23)9-12-21(19)29-2/h3-14H,1-2H3,(H,25,26). The highest BCUT2D eigenvalue weighted by Crippen LogP contribution is 2.24. The third-order valence-corrected chi connectivity index (χ3v) is 5.95. The fourth-order valence-electron chi connectivity index (χ4n) is 2.61. The van der Waals surface area contributed by atoms with Crippen LogP contribution in [-0.4, -0.2) is 27.6 Å². The van der Waals surface area contributed by atoms with E-state index in [0.717, 1.165) is 5.56 Å². The Morgan fingerprint density at radius 3 is 2.45 bits per heavy atom. The van der Waals surface area contributed by atoms with Crippen LogP contribution in [0.15, 0.2) is 81.2 Å². The van der Waals surface area contributed by atoms with Gasteiger partial charge in [0.1, 0.15) is 10.6 Å². The second-order valence-corrected chi connectivity index (χ2v) is 8.89. The lowest BCUT2D eigenvalue weighted by atomic mass is 10.2. The van der Waals surface area contributed by atoms with Gasteiger partial charge in [0.05, 0.1) is 18.9 Å². The van der Waals surface area contributed by atoms with Crippen molar-refractivity contribution in [2.45, 2.75) is 11.8 Å². The van der Waals surface area contributed by atoms with Crippen LogP contribution in [-0.2, 0) is 10.1 Å². The Balaban J connectivity index is 1.78. The topological polar surface area (TPSA) is 94.1 Å². The molecule has 0 heterocycles. The summed E-state index contributed by atoms with van der Waals surface area (Å²) < 4.78 is 36.4. The molecule has 0 aliphatic carbocycles. The number of carbonyl (C=O) groups excluding carboxylic acids is 1. The normalized spacial score (nSPS) is 11.3. The largest absolute Gasteiger partial charge is 0.496 e. The number of hydrazone groups is 1. The quantitative estimate of drug-likeness (QED) is 0.295. The fourth-order valence-corrected chi connectivity index (χ4v) is 3.93. The maximum Gasteiger partial charge on any atom is 0.339 e. The average Bonchev–Trinajstić information content (AvgIpc) is 2.75. The molecule has 0 aliphatic heterocycles. The van der Waals surface area contributed by atoms with Gasteiger partial charge in [0.15, 0.2) is 5.75 Å². The summed E-state index contributed by atoms with van der Waals surface area (Å²) in [5, 5.41) is 3.93. The van der Waals surface area contributed by atoms with E-state index in [-0.39, 0.29) is 10.6 Å². The van der Waals surface area contributed by atoms with Crippen LogP contribution in [0, 0.1) is 6.92 Å². The van der Waals surface area contributed by atoms with Crippen molar-refractivity contribution in [3.8, 4) is 11.5 Å². The van der Waals surface area contributed by atoms with Crippen LogP contribution in [0.25, 0.3) is 0 Å². The third kappa shape index (κ3) is 5.71. The van der Waals surface area contributed by atoms with Gasteiger partial charge in [0.25, 0.3) is 5.91 Å². The van der Waals surface area contributed by atoms with E-state index in [0.29, 0.717) is 21.3 Å². The van der Waals surface area contributed by atoms with Gasteiger partial charge in [0.2, 0.25) is 0 Å². The van der Waals surface area contributed by atoms with Crippen molar-refractivity contribution in [3.05, 3.63) is 87.9 Å². The van der Waals surface area contributed by atoms with Crippen LogP contribution in [0.5, 0.6) is 11.5 Å². The number of amides is 1. The molecule has 3 rings (SSSR count). The van der Waals surface area contributed by atoms with Crippen molar-refractivity contribution in [2.24, 2.45) is 5.10 Å². The summed E-state index contributed by atoms with van der Waals surface area (Å²) >= 11 is 3.31. The predicted molar refractivity (Wildman–Crippen MR) is 121 cm³/mol. The Hall–Kier alpha value is -3.17. The highest BCUT2D eigenvalue weighted by molar-refractivity contribution is 9.10. The van der Waals surface area contributed by atoms with E-state index in [1.54, 1.807) is 48.5 Å². The lowest BCUT2D eigenvalue weighted by Crippen LogP contribution is -2.18. The number of benzene rings is 3. The summed E-state index contributed by atoms with van der Waals surface area (Å²) in [5.41, 5.74) is 4.00. The molecule has 0 saturated heterocycles. The van der Waals surface area contributed by atoms with E-state index in [1.165, 1.54) is 31.5 Å². The van der Waals surface area contributed by atoms with E-state index in [9.17, 15) is 13.2 Å². The van der Waals surface area contributed by atoms with Gasteiger partial charge < -0.3 is 8.92 Å². The molecule has 0 unspecified atom stereocenters. The summed E-state index contributed by atoms with van der Waals surface area (Å²) in [6.07, 6.45) is 1.31. The summed E-state index contributed by atoms with van der Waals surface area (Å²) in [5.74, 6) is -0.00925. The number of rotatable bonds is 7. The molecule has 0 saturated carbocycles. The zero-order chi connectivity index (χ0) is 22.4. The van der Waals surface area contributed by atoms with Crippen molar-refractivity contribution in [2.75, 3.05) is 7.11 Å². The van der Waals surface area contributed by atoms with E-state index < -0.39 is 16.0 Å². The minimum Gasteiger partial charge on any atom is -0.496 e. The minimum absolute atomic E-state index is 0.0416. The number of para-hydroxylation sites is 1. The molecule has 0 aliphatic rings. The molecule has 7 nitrogen and oxygen atoms in total. The van der Waals surface area contributed by atoms with E-state index in [2.05, 4.69) is 26.5 Å². The molecule has 0 spiro atoms. The van der Waals surface area contributed by atoms with Crippen LogP contribution in [0.2, 0.25) is 0 Å². The Kier molecular flexibility index (Phi) is 7.09. The van der Waals surface area contributed by atoms with Gasteiger partial charge in [0, 0.05) is 10.0 Å². The maximum absolute atomic E-state index is 12.6. The molecule has 9 heteroatoms. The zero-order valence-electron chi connectivity index (χ0n) is 16.7. The van der Waals surface area contributed by atoms with Crippen LogP contribution < -0.4 is 14.3 Å². The molecule has 1 amide bonds. The van der Waals surface area contributed by atoms with Gasteiger partial charge in [-0.15, -0.1) is 0 Å². The van der Waals surface area contributed by atoms with Crippen molar-refractivity contribution in [1.29, 1.82) is 0 Å². The molecule has 0 bridgehead atoms. The van der Waals surface area contributed by atoms with Crippen LogP contribution >= 0.6 is 15.9 Å². The van der Waals surface area contributed by atoms with Crippen molar-refractivity contribution >= 4 is 38.2 Å². The number of nitrogens with one attached hydrogen (secondary N) is 1. The van der Waals surface area contributed by atoms with Crippen LogP contribution in [0.4, 0.5) is 0 Å². The molecule has 0 aromatic heterocycles. The van der Waals surface area contributed by atoms with Gasteiger partial charge in [-0.1, -0.05) is 45.8 Å². The monoisotopic (exact) mass is 502 g/mol. The number of aryl methyl sites for hydroxylation is 1. The van der Waals surface area contributed by atoms with Gasteiger partial charge in [-0.2, -0.15) is 13.5 Å². The molecule has 160 valence electrons. The van der Waals surface area contributed by atoms with E-state index >= 15 is 0 Å². The lowest BCUT2D eigenvalue weighted by molar-refractivity contribution is 0.0952. The zero-order valence-corrected chi connectivity index (χ0v) is 19.1. The second kappa shape index (κ2) is 9.76. The van der Waals surface area contributed by atoms with Gasteiger partial charge >= 0.3 is 10.1 Å². The SMILES string of the molecule is COc1ccc(Br)cc1C(=O)NN=Cc1ccccc1OS(=O)(=O)c1ccc(C)cc1. The first-order chi connectivity index (χ1) is 14.8. The number of halogens is 1. The van der Waals surface area contributed by atoms with Gasteiger partial charge in [-0.05, 0) is 49.4 Å². The number of nitrogens with zero attached hydrogens (tertiary/aromatic N) is 1. The lowest BCUT2D eigenvalue weighted by Gasteiger charge is -2.10. The average molecular weight is 503 g/mol. The summed E-state index contributed by atoms with van der Waals surface area (Å²) in [6.45, 7) is 1.86. The van der Waals surface area contributed by atoms with Crippen LogP contribution in [0.1, 0.15) is 21.5 Å². The van der Waals surface area contributed by atoms with Crippen LogP contribution in [0.3, 0.4) is 0 Å². The first kappa shape index (κ1) is 22.5. The van der Waals surface area contributed by atoms with Crippen molar-refractivity contribution < 1.29 is 22.1 Å². The van der Waals surface area contributed by atoms with Gasteiger partial charge in [-0.3, -0.25) is 4.79 Å². The number of carbonyl (C=O) groups is 1. The summed E-state index contributed by atoms with van der Waals surface area (Å²) in [7, 11) is -2.56. The first-order valence-corrected chi connectivity index (χ1v) is 11.3. The fraction of sp³-hybridized carbons (Fsp3) is 0.0909. The molecular weight excluding hydrogens is 484 g/mol. The van der Waals surface area contributed by atoms with Crippen molar-refractivity contribution in [3.63, 3.8) is 0 Å². The Bertz CT molecular complexity index is 1220. The smallest absolute Gasteiger partial charge is 0.339 e. The third-order valence-electron chi connectivity index (χ3n) is 4.20. The maximum atomic E-state index is 12.6. The molecule has 0 fully saturated rings. The molecule has 3 aromatic carbocycles. The highest BCUT2D eigenvalue weighted by Gasteiger charge is 2.18. The summed E-state index contributed by atoms with van der Waals surface area (Å²) in [4.78, 5) is 12.5. The number of methoxy groups -OCH3 is 1. The minimum atomic E-state index is -4.02. The molecule has 0 atom stereocenters. The molecular formula is C22H19BrN2O5S. The first-order valence-electron chi connectivity index (χ1n) is 9.07. The summed E-state index contributed by atoms with van der Waals surface area (Å²) in [6, 6.07) is 17.8. The van der Waals surface area contributed by atoms with E-state index in [4.69, 9.17) is 8.92 Å². The molecule has 1 N–H and O–H groups in total. The number of hydrogen-bond donors (Lipinski definition) is 1. The number of ether oxygens (including phenoxy) is 1. The van der Waals surface area contributed by atoms with Crippen molar-refractivity contribution in [1.82, 2.24) is 5.43 Å². The second-order valence-electron chi connectivity index (χ2n) is 6.43. The Labute approximate surface area is 189 Å². The Morgan fingerprint density at radius 2 is 1.74 bits per heavy atom. The highest BCUT2D eigenvalue weighted by atomic mass is 79.9. The Morgan fingerprint density at radius 1 is 1.03 bits per heavy atom. The number of hydrogen-bond acceptors (Lipinski definition) is 6. The molecule has 31 heavy (non-hydrogen) atoms. The van der Waals surface area contributed by atoms with Gasteiger partial charge in [-0.25, -0.2) is 5.43 Å². The van der Waals surface area contributed by atoms with E-state index in [1.807, 2.05) is 6.92 Å². The molecule has 0 radical (unpaired) electrons. The predicted octanol–water partition coefficient (Wildman–Crippen LogP) is 4.30.